The normalized spacial score (nSPS) is 48.8. The van der Waals surface area contributed by atoms with Crippen LogP contribution in [0.4, 0.5) is 0 Å². The summed E-state index contributed by atoms with van der Waals surface area (Å²) < 4.78 is 5.10. The van der Waals surface area contributed by atoms with Gasteiger partial charge in [0.15, 0.2) is 0 Å². The van der Waals surface area contributed by atoms with Gasteiger partial charge in [-0.1, -0.05) is 13.8 Å². The van der Waals surface area contributed by atoms with Crippen LogP contribution in [0.1, 0.15) is 72.1 Å². The first kappa shape index (κ1) is 22.1. The fourth-order valence-corrected chi connectivity index (χ4v) is 8.52. The number of aliphatic carboxylic acids is 1. The van der Waals surface area contributed by atoms with Crippen molar-refractivity contribution >= 4 is 11.9 Å². The summed E-state index contributed by atoms with van der Waals surface area (Å²) in [6, 6.07) is 0. The highest BCUT2D eigenvalue weighted by Gasteiger charge is 2.63. The number of carboxylic acid groups (broad SMARTS) is 1. The van der Waals surface area contributed by atoms with E-state index in [0.717, 1.165) is 38.5 Å². The topological polar surface area (TPSA) is 104 Å². The highest BCUT2D eigenvalue weighted by molar-refractivity contribution is 5.70. The molecule has 0 radical (unpaired) electrons. The molecule has 0 aromatic heterocycles. The number of carbonyl (C=O) groups excluding carboxylic acids is 1. The first-order valence-corrected chi connectivity index (χ1v) is 11.8. The maximum atomic E-state index is 11.6. The minimum atomic E-state index is -0.719. The molecule has 170 valence electrons. The molecule has 0 aromatic carbocycles. The van der Waals surface area contributed by atoms with E-state index in [1.807, 2.05) is 0 Å². The minimum Gasteiger partial charge on any atom is -0.481 e. The van der Waals surface area contributed by atoms with Crippen molar-refractivity contribution in [2.45, 2.75) is 84.3 Å². The zero-order chi connectivity index (χ0) is 21.8. The van der Waals surface area contributed by atoms with Crippen molar-refractivity contribution in [2.75, 3.05) is 6.61 Å². The first-order valence-electron chi connectivity index (χ1n) is 11.8. The molecule has 10 unspecified atom stereocenters. The average Bonchev–Trinajstić information content (AvgIpc) is 3.03. The molecule has 10 atom stereocenters. The van der Waals surface area contributed by atoms with Crippen molar-refractivity contribution in [1.29, 1.82) is 0 Å². The van der Waals surface area contributed by atoms with Crippen LogP contribution in [-0.4, -0.2) is 46.1 Å². The van der Waals surface area contributed by atoms with Crippen LogP contribution in [0.15, 0.2) is 0 Å². The van der Waals surface area contributed by atoms with E-state index >= 15 is 0 Å². The Hall–Kier alpha value is -1.14. The van der Waals surface area contributed by atoms with E-state index in [2.05, 4.69) is 13.8 Å². The van der Waals surface area contributed by atoms with Crippen LogP contribution in [-0.2, 0) is 14.3 Å². The maximum absolute atomic E-state index is 11.6. The second kappa shape index (κ2) is 7.77. The van der Waals surface area contributed by atoms with Gasteiger partial charge in [0.2, 0.25) is 0 Å². The van der Waals surface area contributed by atoms with E-state index in [1.165, 1.54) is 6.92 Å². The molecule has 4 saturated carbocycles. The Bertz CT molecular complexity index is 693. The van der Waals surface area contributed by atoms with Gasteiger partial charge in [-0.05, 0) is 91.8 Å². The molecule has 0 saturated heterocycles. The van der Waals surface area contributed by atoms with Crippen LogP contribution in [0.25, 0.3) is 0 Å². The van der Waals surface area contributed by atoms with Gasteiger partial charge in [-0.25, -0.2) is 0 Å². The van der Waals surface area contributed by atoms with Crippen LogP contribution >= 0.6 is 0 Å². The van der Waals surface area contributed by atoms with Crippen molar-refractivity contribution in [3.63, 3.8) is 0 Å². The number of aliphatic hydroxyl groups excluding tert-OH is 2. The zero-order valence-corrected chi connectivity index (χ0v) is 18.5. The average molecular weight is 423 g/mol. The lowest BCUT2D eigenvalue weighted by Crippen LogP contribution is -2.58. The Balaban J connectivity index is 1.54. The smallest absolute Gasteiger partial charge is 0.306 e. The van der Waals surface area contributed by atoms with E-state index < -0.39 is 18.2 Å². The molecule has 4 aliphatic carbocycles. The molecule has 30 heavy (non-hydrogen) atoms. The van der Waals surface area contributed by atoms with Crippen LogP contribution in [0.3, 0.4) is 0 Å². The van der Waals surface area contributed by atoms with E-state index in [0.29, 0.717) is 30.6 Å². The summed E-state index contributed by atoms with van der Waals surface area (Å²) in [6.07, 6.45) is 5.97. The number of aliphatic hydroxyl groups is 2. The van der Waals surface area contributed by atoms with E-state index in [4.69, 9.17) is 4.74 Å². The quantitative estimate of drug-likeness (QED) is 0.601. The molecule has 6 nitrogen and oxygen atoms in total. The van der Waals surface area contributed by atoms with Crippen molar-refractivity contribution < 1.29 is 29.6 Å². The monoisotopic (exact) mass is 422 g/mol. The van der Waals surface area contributed by atoms with E-state index in [-0.39, 0.29) is 41.2 Å². The van der Waals surface area contributed by atoms with Gasteiger partial charge in [-0.15, -0.1) is 0 Å². The standard InChI is InChI=1S/C24H38O6/c1-13(25)30-12-21(27)18-5-4-16-15-11-20(26)19-10-14(22(28)29)6-8-24(19,3)17(15)7-9-23(16,18)2/h14-21,26-27H,4-12H2,1-3H3,(H,28,29). The Morgan fingerprint density at radius 2 is 1.67 bits per heavy atom. The zero-order valence-electron chi connectivity index (χ0n) is 18.5. The number of esters is 1. The molecule has 0 aromatic rings. The van der Waals surface area contributed by atoms with Gasteiger partial charge in [0.05, 0.1) is 18.1 Å². The van der Waals surface area contributed by atoms with Crippen LogP contribution in [0.2, 0.25) is 0 Å². The summed E-state index contributed by atoms with van der Waals surface area (Å²) in [6.45, 7) is 6.04. The maximum Gasteiger partial charge on any atom is 0.306 e. The highest BCUT2D eigenvalue weighted by Crippen LogP contribution is 2.68. The van der Waals surface area contributed by atoms with Crippen molar-refractivity contribution in [3.05, 3.63) is 0 Å². The molecule has 0 aliphatic heterocycles. The third-order valence-corrected chi connectivity index (χ3v) is 10.0. The van der Waals surface area contributed by atoms with Gasteiger partial charge in [0.1, 0.15) is 6.61 Å². The number of carboxylic acids is 1. The summed E-state index contributed by atoms with van der Waals surface area (Å²) >= 11 is 0. The van der Waals surface area contributed by atoms with Crippen LogP contribution in [0.5, 0.6) is 0 Å². The summed E-state index contributed by atoms with van der Waals surface area (Å²) in [5.74, 6) is 0.188. The second-order valence-electron chi connectivity index (χ2n) is 11.2. The van der Waals surface area contributed by atoms with Gasteiger partial charge in [0, 0.05) is 6.92 Å². The fraction of sp³-hybridized carbons (Fsp3) is 0.917. The summed E-state index contributed by atoms with van der Waals surface area (Å²) in [4.78, 5) is 22.8. The molecule has 3 N–H and O–H groups in total. The molecule has 4 aliphatic rings. The molecule has 4 rings (SSSR count). The molecular weight excluding hydrogens is 384 g/mol. The Morgan fingerprint density at radius 3 is 2.33 bits per heavy atom. The summed E-state index contributed by atoms with van der Waals surface area (Å²) in [7, 11) is 0. The lowest BCUT2D eigenvalue weighted by Gasteiger charge is -2.62. The molecule has 0 amide bonds. The third kappa shape index (κ3) is 3.38. The Kier molecular flexibility index (Phi) is 5.72. The van der Waals surface area contributed by atoms with Crippen LogP contribution in [0, 0.1) is 46.3 Å². The van der Waals surface area contributed by atoms with Crippen molar-refractivity contribution in [1.82, 2.24) is 0 Å². The van der Waals surface area contributed by atoms with Crippen molar-refractivity contribution in [2.24, 2.45) is 46.3 Å². The van der Waals surface area contributed by atoms with Gasteiger partial charge < -0.3 is 20.1 Å². The molecular formula is C24H38O6. The van der Waals surface area contributed by atoms with Gasteiger partial charge >= 0.3 is 11.9 Å². The lowest BCUT2D eigenvalue weighted by molar-refractivity contribution is -0.176. The van der Waals surface area contributed by atoms with Gasteiger partial charge in [0.25, 0.3) is 0 Å². The third-order valence-electron chi connectivity index (χ3n) is 10.0. The predicted octanol–water partition coefficient (Wildman–Crippen LogP) is 3.24. The summed E-state index contributed by atoms with van der Waals surface area (Å²) in [5, 5.41) is 31.4. The number of fused-ring (bicyclic) bond motifs is 5. The van der Waals surface area contributed by atoms with Crippen molar-refractivity contribution in [3.8, 4) is 0 Å². The number of rotatable bonds is 4. The number of carbonyl (C=O) groups is 2. The molecule has 0 spiro atoms. The van der Waals surface area contributed by atoms with Gasteiger partial charge in [-0.2, -0.15) is 0 Å². The molecule has 0 heterocycles. The molecule has 0 bridgehead atoms. The first-order chi connectivity index (χ1) is 14.1. The fourth-order valence-electron chi connectivity index (χ4n) is 8.52. The largest absolute Gasteiger partial charge is 0.481 e. The van der Waals surface area contributed by atoms with Crippen LogP contribution < -0.4 is 0 Å². The lowest BCUT2D eigenvalue weighted by atomic mass is 9.43. The van der Waals surface area contributed by atoms with E-state index in [9.17, 15) is 24.9 Å². The number of hydrogen-bond donors (Lipinski definition) is 3. The number of hydrogen-bond acceptors (Lipinski definition) is 5. The number of ether oxygens (including phenoxy) is 1. The highest BCUT2D eigenvalue weighted by atomic mass is 16.5. The Labute approximate surface area is 179 Å². The van der Waals surface area contributed by atoms with Gasteiger partial charge in [-0.3, -0.25) is 9.59 Å². The van der Waals surface area contributed by atoms with E-state index in [1.54, 1.807) is 0 Å². The SMILES string of the molecule is CC(=O)OCC(O)C1CCC2C3CC(O)C4CC(C(=O)O)CCC4(C)C3CCC12C. The second-order valence-corrected chi connectivity index (χ2v) is 11.2. The predicted molar refractivity (Wildman–Crippen MR) is 110 cm³/mol. The minimum absolute atomic E-state index is 0.00190. The Morgan fingerprint density at radius 1 is 1.00 bits per heavy atom. The molecule has 6 heteroatoms. The molecule has 4 fully saturated rings. The summed E-state index contributed by atoms with van der Waals surface area (Å²) in [5.41, 5.74) is 0.00593.